The van der Waals surface area contributed by atoms with Gasteiger partial charge in [0.15, 0.2) is 0 Å². The van der Waals surface area contributed by atoms with E-state index in [1.807, 2.05) is 36.4 Å². The molecule has 3 heteroatoms. The van der Waals surface area contributed by atoms with Crippen molar-refractivity contribution in [2.24, 2.45) is 0 Å². The Kier molecular flexibility index (Phi) is 2.57. The molecule has 0 amide bonds. The van der Waals surface area contributed by atoms with Crippen LogP contribution in [0.25, 0.3) is 6.08 Å². The molecule has 1 fully saturated rings. The summed E-state index contributed by atoms with van der Waals surface area (Å²) in [5, 5.41) is 3.97. The third kappa shape index (κ3) is 2.05. The first-order chi connectivity index (χ1) is 6.36. The topological polar surface area (TPSA) is 35.1 Å². The molecule has 2 rings (SSSR count). The third-order valence-corrected chi connectivity index (χ3v) is 3.26. The Hall–Kier alpha value is -0.930. The van der Waals surface area contributed by atoms with E-state index in [-0.39, 0.29) is 0 Å². The molecule has 1 aliphatic rings. The van der Waals surface area contributed by atoms with Crippen LogP contribution in [0.15, 0.2) is 35.4 Å². The Morgan fingerprint density at radius 3 is 2.69 bits per heavy atom. The monoisotopic (exact) mass is 193 g/mol. The summed E-state index contributed by atoms with van der Waals surface area (Å²) in [6.45, 7) is 0.825. The lowest BCUT2D eigenvalue weighted by molar-refractivity contribution is 0.605. The Labute approximate surface area is 80.8 Å². The zero-order valence-electron chi connectivity index (χ0n) is 7.19. The molecule has 1 saturated heterocycles. The molecule has 0 saturated carbocycles. The highest BCUT2D eigenvalue weighted by atomic mass is 32.2. The number of hydrogen-bond acceptors (Lipinski definition) is 2. The standard InChI is InChI=1S/C10H11NOS/c12-13-7-6-11-10(13)8-9-4-2-1-3-5-9/h1-5,8,11H,6-7H2. The average molecular weight is 193 g/mol. The minimum Gasteiger partial charge on any atom is -0.610 e. The summed E-state index contributed by atoms with van der Waals surface area (Å²) in [5.74, 6) is 0.735. The van der Waals surface area contributed by atoms with E-state index in [0.717, 1.165) is 22.9 Å². The first kappa shape index (κ1) is 8.66. The lowest BCUT2D eigenvalue weighted by Crippen LogP contribution is -2.06. The highest BCUT2D eigenvalue weighted by Crippen LogP contribution is 2.14. The number of hydrogen-bond donors (Lipinski definition) is 1. The molecule has 1 N–H and O–H groups in total. The Morgan fingerprint density at radius 1 is 1.31 bits per heavy atom. The van der Waals surface area contributed by atoms with Gasteiger partial charge in [-0.2, -0.15) is 0 Å². The molecule has 1 aromatic carbocycles. The molecule has 0 spiro atoms. The number of benzene rings is 1. The van der Waals surface area contributed by atoms with Crippen LogP contribution in [0.5, 0.6) is 0 Å². The molecular weight excluding hydrogens is 182 g/mol. The first-order valence-corrected chi connectivity index (χ1v) is 5.57. The second kappa shape index (κ2) is 3.85. The molecule has 13 heavy (non-hydrogen) atoms. The maximum Gasteiger partial charge on any atom is 0.219 e. The van der Waals surface area contributed by atoms with Crippen LogP contribution < -0.4 is 5.32 Å². The SMILES string of the molecule is [O-][S+]1CCNC1=Cc1ccccc1. The van der Waals surface area contributed by atoms with Gasteiger partial charge in [-0.25, -0.2) is 0 Å². The smallest absolute Gasteiger partial charge is 0.219 e. The summed E-state index contributed by atoms with van der Waals surface area (Å²) in [6, 6.07) is 9.93. The molecule has 0 radical (unpaired) electrons. The lowest BCUT2D eigenvalue weighted by Gasteiger charge is -2.02. The van der Waals surface area contributed by atoms with Crippen LogP contribution in [0.4, 0.5) is 0 Å². The van der Waals surface area contributed by atoms with E-state index in [0.29, 0.717) is 0 Å². The first-order valence-electron chi connectivity index (χ1n) is 4.25. The fourth-order valence-corrected chi connectivity index (χ4v) is 2.31. The van der Waals surface area contributed by atoms with Crippen LogP contribution in [-0.4, -0.2) is 16.9 Å². The summed E-state index contributed by atoms with van der Waals surface area (Å²) in [4.78, 5) is 0. The minimum absolute atomic E-state index is 0.735. The summed E-state index contributed by atoms with van der Waals surface area (Å²) in [5.41, 5.74) is 1.10. The molecule has 0 aromatic heterocycles. The van der Waals surface area contributed by atoms with Gasteiger partial charge in [-0.05, 0) is 5.56 Å². The Balaban J connectivity index is 2.20. The van der Waals surface area contributed by atoms with E-state index in [2.05, 4.69) is 5.32 Å². The molecular formula is C10H11NOS. The van der Waals surface area contributed by atoms with E-state index >= 15 is 0 Å². The van der Waals surface area contributed by atoms with Crippen LogP contribution in [-0.2, 0) is 11.2 Å². The van der Waals surface area contributed by atoms with E-state index in [4.69, 9.17) is 0 Å². The Morgan fingerprint density at radius 2 is 2.08 bits per heavy atom. The highest BCUT2D eigenvalue weighted by molar-refractivity contribution is 7.95. The van der Waals surface area contributed by atoms with Gasteiger partial charge in [-0.3, -0.25) is 0 Å². The predicted molar refractivity (Wildman–Crippen MR) is 55.4 cm³/mol. The summed E-state index contributed by atoms with van der Waals surface area (Å²) < 4.78 is 11.4. The molecule has 0 aliphatic carbocycles. The zero-order valence-corrected chi connectivity index (χ0v) is 8.01. The maximum atomic E-state index is 11.4. The number of rotatable bonds is 1. The van der Waals surface area contributed by atoms with Crippen molar-refractivity contribution >= 4 is 17.3 Å². The highest BCUT2D eigenvalue weighted by Gasteiger charge is 2.20. The second-order valence-corrected chi connectivity index (χ2v) is 4.43. The van der Waals surface area contributed by atoms with Gasteiger partial charge < -0.3 is 9.87 Å². The fraction of sp³-hybridized carbons (Fsp3) is 0.200. The van der Waals surface area contributed by atoms with Gasteiger partial charge in [0.2, 0.25) is 5.03 Å². The molecule has 1 unspecified atom stereocenters. The fourth-order valence-electron chi connectivity index (χ4n) is 1.27. The lowest BCUT2D eigenvalue weighted by atomic mass is 10.2. The molecule has 1 atom stereocenters. The van der Waals surface area contributed by atoms with Crippen molar-refractivity contribution in [3.05, 3.63) is 40.9 Å². The molecule has 1 aromatic rings. The summed E-state index contributed by atoms with van der Waals surface area (Å²) >= 11 is -0.811. The van der Waals surface area contributed by atoms with Crippen LogP contribution in [0.2, 0.25) is 0 Å². The van der Waals surface area contributed by atoms with Crippen LogP contribution in [0, 0.1) is 0 Å². The molecule has 0 bridgehead atoms. The molecule has 2 nitrogen and oxygen atoms in total. The van der Waals surface area contributed by atoms with E-state index in [1.165, 1.54) is 0 Å². The largest absolute Gasteiger partial charge is 0.610 e. The van der Waals surface area contributed by atoms with Crippen molar-refractivity contribution in [1.29, 1.82) is 0 Å². The summed E-state index contributed by atoms with van der Waals surface area (Å²) in [6.07, 6.45) is 1.95. The van der Waals surface area contributed by atoms with Crippen molar-refractivity contribution < 1.29 is 4.55 Å². The minimum atomic E-state index is -0.811. The van der Waals surface area contributed by atoms with E-state index < -0.39 is 11.2 Å². The zero-order chi connectivity index (χ0) is 9.10. The maximum absolute atomic E-state index is 11.4. The van der Waals surface area contributed by atoms with Crippen LogP contribution in [0.3, 0.4) is 0 Å². The van der Waals surface area contributed by atoms with Crippen molar-refractivity contribution in [3.8, 4) is 0 Å². The van der Waals surface area contributed by atoms with Gasteiger partial charge in [-0.1, -0.05) is 30.3 Å². The second-order valence-electron chi connectivity index (χ2n) is 2.90. The average Bonchev–Trinajstić information content (AvgIpc) is 2.54. The van der Waals surface area contributed by atoms with Gasteiger partial charge in [0.05, 0.1) is 6.54 Å². The van der Waals surface area contributed by atoms with E-state index in [9.17, 15) is 4.55 Å². The van der Waals surface area contributed by atoms with Crippen molar-refractivity contribution in [2.75, 3.05) is 12.3 Å². The van der Waals surface area contributed by atoms with Crippen LogP contribution >= 0.6 is 0 Å². The van der Waals surface area contributed by atoms with Gasteiger partial charge in [0.25, 0.3) is 0 Å². The van der Waals surface area contributed by atoms with Gasteiger partial charge >= 0.3 is 0 Å². The van der Waals surface area contributed by atoms with Gasteiger partial charge in [0, 0.05) is 17.3 Å². The van der Waals surface area contributed by atoms with Crippen molar-refractivity contribution in [2.45, 2.75) is 0 Å². The normalized spacial score (nSPS) is 24.7. The van der Waals surface area contributed by atoms with Crippen molar-refractivity contribution in [1.82, 2.24) is 5.32 Å². The molecule has 1 aliphatic heterocycles. The van der Waals surface area contributed by atoms with E-state index in [1.54, 1.807) is 0 Å². The third-order valence-electron chi connectivity index (χ3n) is 1.93. The molecule has 1 heterocycles. The quantitative estimate of drug-likeness (QED) is 0.683. The van der Waals surface area contributed by atoms with Crippen molar-refractivity contribution in [3.63, 3.8) is 0 Å². The number of nitrogens with one attached hydrogen (secondary N) is 1. The van der Waals surface area contributed by atoms with Crippen LogP contribution in [0.1, 0.15) is 5.56 Å². The Bertz CT molecular complexity index is 310. The van der Waals surface area contributed by atoms with Gasteiger partial charge in [0.1, 0.15) is 5.75 Å². The van der Waals surface area contributed by atoms with Gasteiger partial charge in [-0.15, -0.1) is 0 Å². The molecule has 68 valence electrons. The summed E-state index contributed by atoms with van der Waals surface area (Å²) in [7, 11) is 0. The predicted octanol–water partition coefficient (Wildman–Crippen LogP) is 1.34.